The van der Waals surface area contributed by atoms with Crippen molar-refractivity contribution < 1.29 is 0 Å². The first-order chi connectivity index (χ1) is 6.40. The van der Waals surface area contributed by atoms with Gasteiger partial charge >= 0.3 is 0 Å². The van der Waals surface area contributed by atoms with Crippen LogP contribution in [-0.2, 0) is 0 Å². The van der Waals surface area contributed by atoms with Gasteiger partial charge in [0, 0.05) is 12.2 Å². The zero-order valence-corrected chi connectivity index (χ0v) is 7.98. The monoisotopic (exact) mass is 180 g/mol. The summed E-state index contributed by atoms with van der Waals surface area (Å²) in [7, 11) is 2.04. The Kier molecular flexibility index (Phi) is 2.59. The number of nitrogens with zero attached hydrogens (tertiary/aromatic N) is 3. The van der Waals surface area contributed by atoms with Gasteiger partial charge < -0.3 is 5.32 Å². The molecule has 1 aromatic heterocycles. The molecule has 72 valence electrons. The Morgan fingerprint density at radius 2 is 2.08 bits per heavy atom. The first-order valence-corrected chi connectivity index (χ1v) is 4.93. The van der Waals surface area contributed by atoms with Gasteiger partial charge in [0.25, 0.3) is 0 Å². The molecule has 1 heterocycles. The Morgan fingerprint density at radius 3 is 2.62 bits per heavy atom. The largest absolute Gasteiger partial charge is 0.317 e. The van der Waals surface area contributed by atoms with Gasteiger partial charge in [0.1, 0.15) is 0 Å². The van der Waals surface area contributed by atoms with E-state index in [0.29, 0.717) is 12.1 Å². The maximum atomic E-state index is 4.04. The fourth-order valence-electron chi connectivity index (χ4n) is 2.04. The number of aromatic nitrogens is 3. The van der Waals surface area contributed by atoms with E-state index >= 15 is 0 Å². The average Bonchev–Trinajstić information content (AvgIpc) is 2.71. The van der Waals surface area contributed by atoms with Gasteiger partial charge in [-0.25, -0.2) is 4.68 Å². The molecule has 1 aromatic rings. The lowest BCUT2D eigenvalue weighted by molar-refractivity contribution is 0.281. The normalized spacial score (nSPS) is 29.0. The Bertz CT molecular complexity index is 236. The molecule has 4 heteroatoms. The van der Waals surface area contributed by atoms with Crippen LogP contribution in [0.5, 0.6) is 0 Å². The van der Waals surface area contributed by atoms with Crippen molar-refractivity contribution in [1.82, 2.24) is 20.3 Å². The second-order valence-electron chi connectivity index (χ2n) is 3.68. The molecule has 0 unspecified atom stereocenters. The predicted molar refractivity (Wildman–Crippen MR) is 50.4 cm³/mol. The molecule has 0 radical (unpaired) electrons. The highest BCUT2D eigenvalue weighted by Gasteiger charge is 2.21. The van der Waals surface area contributed by atoms with Gasteiger partial charge in [0.05, 0.1) is 12.2 Å². The minimum absolute atomic E-state index is 0.576. The van der Waals surface area contributed by atoms with Crippen LogP contribution in [0.25, 0.3) is 0 Å². The van der Waals surface area contributed by atoms with Gasteiger partial charge in [-0.15, -0.1) is 5.10 Å². The van der Waals surface area contributed by atoms with Gasteiger partial charge in [0.2, 0.25) is 0 Å². The van der Waals surface area contributed by atoms with Crippen LogP contribution in [0.4, 0.5) is 0 Å². The minimum atomic E-state index is 0.576. The third-order valence-electron chi connectivity index (χ3n) is 2.92. The lowest BCUT2D eigenvalue weighted by Gasteiger charge is -2.27. The van der Waals surface area contributed by atoms with Crippen molar-refractivity contribution in [3.8, 4) is 0 Å². The molecule has 0 aromatic carbocycles. The summed E-state index contributed by atoms with van der Waals surface area (Å²) in [6.45, 7) is 0. The fourth-order valence-corrected chi connectivity index (χ4v) is 2.04. The molecule has 1 saturated carbocycles. The second kappa shape index (κ2) is 3.87. The molecule has 1 fully saturated rings. The summed E-state index contributed by atoms with van der Waals surface area (Å²) < 4.78 is 1.99. The second-order valence-corrected chi connectivity index (χ2v) is 3.68. The van der Waals surface area contributed by atoms with E-state index in [4.69, 9.17) is 0 Å². The molecule has 0 spiro atoms. The van der Waals surface area contributed by atoms with E-state index < -0.39 is 0 Å². The van der Waals surface area contributed by atoms with Crippen molar-refractivity contribution in [3.05, 3.63) is 12.4 Å². The topological polar surface area (TPSA) is 42.7 Å². The number of hydrogen-bond acceptors (Lipinski definition) is 3. The van der Waals surface area contributed by atoms with Crippen molar-refractivity contribution >= 4 is 0 Å². The van der Waals surface area contributed by atoms with E-state index in [1.54, 1.807) is 6.20 Å². The third-order valence-corrected chi connectivity index (χ3v) is 2.92. The van der Waals surface area contributed by atoms with Crippen LogP contribution in [0.2, 0.25) is 0 Å². The molecule has 0 amide bonds. The third kappa shape index (κ3) is 1.88. The molecule has 0 saturated heterocycles. The maximum Gasteiger partial charge on any atom is 0.0693 e. The molecule has 2 rings (SSSR count). The van der Waals surface area contributed by atoms with Gasteiger partial charge in [-0.05, 0) is 32.7 Å². The van der Waals surface area contributed by atoms with Gasteiger partial charge in [-0.3, -0.25) is 0 Å². The van der Waals surface area contributed by atoms with Crippen LogP contribution in [-0.4, -0.2) is 28.1 Å². The fraction of sp³-hybridized carbons (Fsp3) is 0.778. The highest BCUT2D eigenvalue weighted by molar-refractivity contribution is 4.80. The lowest BCUT2D eigenvalue weighted by atomic mass is 9.91. The average molecular weight is 180 g/mol. The first kappa shape index (κ1) is 8.69. The van der Waals surface area contributed by atoms with Crippen LogP contribution >= 0.6 is 0 Å². The van der Waals surface area contributed by atoms with E-state index in [1.165, 1.54) is 25.7 Å². The summed E-state index contributed by atoms with van der Waals surface area (Å²) in [6, 6.07) is 1.28. The Hall–Kier alpha value is -0.900. The van der Waals surface area contributed by atoms with Crippen molar-refractivity contribution in [3.63, 3.8) is 0 Å². The number of nitrogens with one attached hydrogen (secondary N) is 1. The minimum Gasteiger partial charge on any atom is -0.317 e. The summed E-state index contributed by atoms with van der Waals surface area (Å²) in [5, 5.41) is 11.2. The predicted octanol–water partition coefficient (Wildman–Crippen LogP) is 0.981. The highest BCUT2D eigenvalue weighted by Crippen LogP contribution is 2.27. The molecule has 4 nitrogen and oxygen atoms in total. The molecule has 1 aliphatic carbocycles. The summed E-state index contributed by atoms with van der Waals surface area (Å²) in [5.41, 5.74) is 0. The van der Waals surface area contributed by atoms with E-state index in [-0.39, 0.29) is 0 Å². The smallest absolute Gasteiger partial charge is 0.0693 e. The highest BCUT2D eigenvalue weighted by atomic mass is 15.4. The SMILES string of the molecule is CNC1CCC(n2ccnn2)CC1. The summed E-state index contributed by atoms with van der Waals surface area (Å²) in [6.07, 6.45) is 8.65. The van der Waals surface area contributed by atoms with Gasteiger partial charge in [-0.1, -0.05) is 5.21 Å². The van der Waals surface area contributed by atoms with Crippen molar-refractivity contribution in [2.24, 2.45) is 0 Å². The Morgan fingerprint density at radius 1 is 1.31 bits per heavy atom. The molecule has 0 bridgehead atoms. The molecular formula is C9H16N4. The van der Waals surface area contributed by atoms with E-state index in [9.17, 15) is 0 Å². The van der Waals surface area contributed by atoms with Crippen LogP contribution in [0, 0.1) is 0 Å². The zero-order valence-electron chi connectivity index (χ0n) is 7.98. The molecule has 13 heavy (non-hydrogen) atoms. The van der Waals surface area contributed by atoms with Crippen molar-refractivity contribution in [1.29, 1.82) is 0 Å². The number of hydrogen-bond donors (Lipinski definition) is 1. The Balaban J connectivity index is 1.92. The van der Waals surface area contributed by atoms with Crippen LogP contribution < -0.4 is 5.32 Å². The molecular weight excluding hydrogens is 164 g/mol. The summed E-state index contributed by atoms with van der Waals surface area (Å²) >= 11 is 0. The maximum absolute atomic E-state index is 4.04. The van der Waals surface area contributed by atoms with Crippen LogP contribution in [0.1, 0.15) is 31.7 Å². The standard InChI is InChI=1S/C9H16N4/c1-10-8-2-4-9(5-3-8)13-7-6-11-12-13/h6-10H,2-5H2,1H3. The van der Waals surface area contributed by atoms with E-state index in [2.05, 4.69) is 15.6 Å². The van der Waals surface area contributed by atoms with E-state index in [1.807, 2.05) is 17.9 Å². The van der Waals surface area contributed by atoms with Crippen LogP contribution in [0.15, 0.2) is 12.4 Å². The summed E-state index contributed by atoms with van der Waals surface area (Å²) in [5.74, 6) is 0. The molecule has 1 N–H and O–H groups in total. The molecule has 0 aliphatic heterocycles. The van der Waals surface area contributed by atoms with Gasteiger partial charge in [0.15, 0.2) is 0 Å². The zero-order chi connectivity index (χ0) is 9.10. The first-order valence-electron chi connectivity index (χ1n) is 4.93. The summed E-state index contributed by atoms with van der Waals surface area (Å²) in [4.78, 5) is 0. The lowest BCUT2D eigenvalue weighted by Crippen LogP contribution is -2.31. The quantitative estimate of drug-likeness (QED) is 0.737. The Labute approximate surface area is 78.3 Å². The van der Waals surface area contributed by atoms with E-state index in [0.717, 1.165) is 0 Å². The molecule has 1 aliphatic rings. The van der Waals surface area contributed by atoms with Crippen molar-refractivity contribution in [2.45, 2.75) is 37.8 Å². The van der Waals surface area contributed by atoms with Gasteiger partial charge in [-0.2, -0.15) is 0 Å². The molecule has 0 atom stereocenters. The number of rotatable bonds is 2. The van der Waals surface area contributed by atoms with Crippen LogP contribution in [0.3, 0.4) is 0 Å². The van der Waals surface area contributed by atoms with Crippen molar-refractivity contribution in [2.75, 3.05) is 7.05 Å².